The molecule has 0 aliphatic carbocycles. The Bertz CT molecular complexity index is 601. The quantitative estimate of drug-likeness (QED) is 0.873. The van der Waals surface area contributed by atoms with Crippen LogP contribution in [0, 0.1) is 5.82 Å². The molecule has 2 aromatic rings. The smallest absolute Gasteiger partial charge is 0.166 e. The molecule has 106 valence electrons. The number of ether oxygens (including phenoxy) is 1. The fourth-order valence-corrected chi connectivity index (χ4v) is 2.20. The van der Waals surface area contributed by atoms with E-state index in [1.54, 1.807) is 18.2 Å². The number of nitrogens with one attached hydrogen (secondary N) is 1. The molecule has 0 unspecified atom stereocenters. The summed E-state index contributed by atoms with van der Waals surface area (Å²) in [5.41, 5.74) is 1.86. The van der Waals surface area contributed by atoms with E-state index < -0.39 is 0 Å². The maximum Gasteiger partial charge on any atom is 0.166 e. The van der Waals surface area contributed by atoms with E-state index in [4.69, 9.17) is 16.3 Å². The molecule has 2 aromatic carbocycles. The molecule has 2 rings (SSSR count). The lowest BCUT2D eigenvalue weighted by Crippen LogP contribution is -2.05. The minimum Gasteiger partial charge on any atom is -0.454 e. The number of aryl methyl sites for hydroxylation is 1. The zero-order chi connectivity index (χ0) is 14.5. The number of halogens is 2. The van der Waals surface area contributed by atoms with Gasteiger partial charge in [-0.25, -0.2) is 4.39 Å². The minimum atomic E-state index is -0.370. The van der Waals surface area contributed by atoms with Crippen LogP contribution in [0.25, 0.3) is 0 Å². The zero-order valence-corrected chi connectivity index (χ0v) is 12.3. The second-order valence-electron chi connectivity index (χ2n) is 4.50. The van der Waals surface area contributed by atoms with Crippen LogP contribution in [0.15, 0.2) is 36.4 Å². The third-order valence-corrected chi connectivity index (χ3v) is 3.37. The van der Waals surface area contributed by atoms with E-state index in [1.165, 1.54) is 6.07 Å². The summed E-state index contributed by atoms with van der Waals surface area (Å²) in [5.74, 6) is 0.437. The molecule has 20 heavy (non-hydrogen) atoms. The van der Waals surface area contributed by atoms with Gasteiger partial charge in [0.05, 0.1) is 0 Å². The summed E-state index contributed by atoms with van der Waals surface area (Å²) in [7, 11) is 1.82. The maximum absolute atomic E-state index is 13.9. The first-order valence-electron chi connectivity index (χ1n) is 6.53. The average Bonchev–Trinajstić information content (AvgIpc) is 2.44. The van der Waals surface area contributed by atoms with Crippen molar-refractivity contribution >= 4 is 11.6 Å². The summed E-state index contributed by atoms with van der Waals surface area (Å²) >= 11 is 6.05. The lowest BCUT2D eigenvalue weighted by atomic mass is 10.1. The molecule has 0 aliphatic heterocycles. The van der Waals surface area contributed by atoms with Crippen LogP contribution < -0.4 is 10.1 Å². The topological polar surface area (TPSA) is 21.3 Å². The van der Waals surface area contributed by atoms with Gasteiger partial charge in [0.25, 0.3) is 0 Å². The van der Waals surface area contributed by atoms with Crippen molar-refractivity contribution in [2.24, 2.45) is 0 Å². The van der Waals surface area contributed by atoms with Crippen LogP contribution in [0.4, 0.5) is 4.39 Å². The Labute approximate surface area is 123 Å². The van der Waals surface area contributed by atoms with E-state index in [9.17, 15) is 4.39 Å². The number of hydrogen-bond acceptors (Lipinski definition) is 2. The van der Waals surface area contributed by atoms with E-state index in [-0.39, 0.29) is 11.6 Å². The Hall–Kier alpha value is -1.58. The van der Waals surface area contributed by atoms with Crippen molar-refractivity contribution in [1.29, 1.82) is 0 Å². The molecule has 0 atom stereocenters. The van der Waals surface area contributed by atoms with Crippen LogP contribution in [0.5, 0.6) is 11.5 Å². The van der Waals surface area contributed by atoms with Crippen LogP contribution in [0.3, 0.4) is 0 Å². The Morgan fingerprint density at radius 3 is 2.65 bits per heavy atom. The fraction of sp³-hybridized carbons (Fsp3) is 0.250. The van der Waals surface area contributed by atoms with Crippen LogP contribution >= 0.6 is 11.6 Å². The Kier molecular flexibility index (Phi) is 4.99. The van der Waals surface area contributed by atoms with E-state index in [2.05, 4.69) is 5.32 Å². The molecule has 0 heterocycles. The van der Waals surface area contributed by atoms with E-state index in [1.807, 2.05) is 26.1 Å². The molecule has 0 radical (unpaired) electrons. The van der Waals surface area contributed by atoms with Gasteiger partial charge in [-0.1, -0.05) is 24.6 Å². The number of hydrogen-bond donors (Lipinski definition) is 1. The maximum atomic E-state index is 13.9. The van der Waals surface area contributed by atoms with Gasteiger partial charge in [0, 0.05) is 11.6 Å². The van der Waals surface area contributed by atoms with Gasteiger partial charge in [-0.2, -0.15) is 0 Å². The third kappa shape index (κ3) is 3.50. The highest BCUT2D eigenvalue weighted by molar-refractivity contribution is 6.31. The highest BCUT2D eigenvalue weighted by atomic mass is 35.5. The molecule has 0 fully saturated rings. The van der Waals surface area contributed by atoms with E-state index >= 15 is 0 Å². The van der Waals surface area contributed by atoms with Crippen LogP contribution in [-0.2, 0) is 13.0 Å². The predicted molar refractivity (Wildman–Crippen MR) is 80.1 cm³/mol. The van der Waals surface area contributed by atoms with E-state index in [0.717, 1.165) is 17.5 Å². The van der Waals surface area contributed by atoms with Gasteiger partial charge >= 0.3 is 0 Å². The van der Waals surface area contributed by atoms with Crippen LogP contribution in [0.1, 0.15) is 18.1 Å². The second kappa shape index (κ2) is 6.73. The molecule has 0 bridgehead atoms. The molecule has 0 spiro atoms. The molecular formula is C16H17ClFNO. The molecule has 0 saturated carbocycles. The summed E-state index contributed by atoms with van der Waals surface area (Å²) in [5, 5.41) is 3.68. The molecule has 0 aliphatic rings. The second-order valence-corrected chi connectivity index (χ2v) is 4.91. The van der Waals surface area contributed by atoms with Crippen LogP contribution in [0.2, 0.25) is 5.02 Å². The Balaban J connectivity index is 2.21. The van der Waals surface area contributed by atoms with Crippen molar-refractivity contribution in [1.82, 2.24) is 5.32 Å². The van der Waals surface area contributed by atoms with Crippen molar-refractivity contribution < 1.29 is 9.13 Å². The highest BCUT2D eigenvalue weighted by Crippen LogP contribution is 2.28. The van der Waals surface area contributed by atoms with Crippen molar-refractivity contribution in [3.8, 4) is 11.5 Å². The van der Waals surface area contributed by atoms with Crippen molar-refractivity contribution in [3.63, 3.8) is 0 Å². The SMILES string of the molecule is CCc1cc(Oc2ccc(CNC)cc2F)ccc1Cl. The molecular weight excluding hydrogens is 277 g/mol. The lowest BCUT2D eigenvalue weighted by Gasteiger charge is -2.10. The summed E-state index contributed by atoms with van der Waals surface area (Å²) in [6.45, 7) is 2.64. The molecule has 4 heteroatoms. The summed E-state index contributed by atoms with van der Waals surface area (Å²) in [6, 6.07) is 10.3. The largest absolute Gasteiger partial charge is 0.454 e. The van der Waals surface area contributed by atoms with Crippen molar-refractivity contribution in [2.75, 3.05) is 7.05 Å². The first-order valence-corrected chi connectivity index (χ1v) is 6.91. The molecule has 1 N–H and O–H groups in total. The van der Waals surface area contributed by atoms with Gasteiger partial charge in [-0.15, -0.1) is 0 Å². The van der Waals surface area contributed by atoms with Crippen molar-refractivity contribution in [3.05, 3.63) is 58.4 Å². The molecule has 0 amide bonds. The predicted octanol–water partition coefficient (Wildman–Crippen LogP) is 4.55. The summed E-state index contributed by atoms with van der Waals surface area (Å²) in [4.78, 5) is 0. The Morgan fingerprint density at radius 1 is 1.20 bits per heavy atom. The standard InChI is InChI=1S/C16H17ClFNO/c1-3-12-9-13(5-6-14(12)17)20-16-7-4-11(10-19-2)8-15(16)18/h4-9,19H,3,10H2,1-2H3. The van der Waals surface area contributed by atoms with Gasteiger partial charge in [0.1, 0.15) is 5.75 Å². The summed E-state index contributed by atoms with van der Waals surface area (Å²) in [6.07, 6.45) is 0.805. The number of rotatable bonds is 5. The van der Waals surface area contributed by atoms with Gasteiger partial charge in [-0.3, -0.25) is 0 Å². The first kappa shape index (κ1) is 14.8. The fourth-order valence-electron chi connectivity index (χ4n) is 1.95. The monoisotopic (exact) mass is 293 g/mol. The lowest BCUT2D eigenvalue weighted by molar-refractivity contribution is 0.441. The highest BCUT2D eigenvalue weighted by Gasteiger charge is 2.07. The number of benzene rings is 2. The zero-order valence-electron chi connectivity index (χ0n) is 11.5. The Morgan fingerprint density at radius 2 is 2.00 bits per heavy atom. The normalized spacial score (nSPS) is 10.6. The minimum absolute atomic E-state index is 0.217. The molecule has 0 saturated heterocycles. The average molecular weight is 294 g/mol. The molecule has 0 aromatic heterocycles. The van der Waals surface area contributed by atoms with Gasteiger partial charge < -0.3 is 10.1 Å². The van der Waals surface area contributed by atoms with Crippen molar-refractivity contribution in [2.45, 2.75) is 19.9 Å². The van der Waals surface area contributed by atoms with Gasteiger partial charge in [0.15, 0.2) is 11.6 Å². The summed E-state index contributed by atoms with van der Waals surface area (Å²) < 4.78 is 19.5. The molecule has 2 nitrogen and oxygen atoms in total. The third-order valence-electron chi connectivity index (χ3n) is 3.00. The van der Waals surface area contributed by atoms with Gasteiger partial charge in [0.2, 0.25) is 0 Å². The van der Waals surface area contributed by atoms with E-state index in [0.29, 0.717) is 17.3 Å². The van der Waals surface area contributed by atoms with Crippen LogP contribution in [-0.4, -0.2) is 7.05 Å². The first-order chi connectivity index (χ1) is 9.63. The van der Waals surface area contributed by atoms with Gasteiger partial charge in [-0.05, 0) is 54.9 Å².